The van der Waals surface area contributed by atoms with Gasteiger partial charge in [-0.2, -0.15) is 0 Å². The molecule has 4 heteroatoms. The van der Waals surface area contributed by atoms with Crippen molar-refractivity contribution in [3.63, 3.8) is 0 Å². The van der Waals surface area contributed by atoms with Crippen molar-refractivity contribution in [2.75, 3.05) is 0 Å². The molecule has 0 amide bonds. The van der Waals surface area contributed by atoms with Gasteiger partial charge < -0.3 is 21.8 Å². The number of H-pyrrole nitrogens is 1. The molecule has 47 heavy (non-hydrogen) atoms. The first kappa shape index (κ1) is 29.9. The number of nitrogens with one attached hydrogen (secondary N) is 2. The minimum absolute atomic E-state index is 0.121. The highest BCUT2D eigenvalue weighted by atomic mass is 15.0. The van der Waals surface area contributed by atoms with Crippen molar-refractivity contribution in [3.05, 3.63) is 202 Å². The number of aromatic amines is 1. The molecule has 1 unspecified atom stereocenters. The number of fused-ring (bicyclic) bond motifs is 6. The molecule has 4 aromatic carbocycles. The number of hydrogen-bond donors (Lipinski definition) is 4. The molecule has 0 spiro atoms. The first-order valence-corrected chi connectivity index (χ1v) is 16.4. The van der Waals surface area contributed by atoms with E-state index in [-0.39, 0.29) is 6.04 Å². The first-order valence-electron chi connectivity index (χ1n) is 16.4. The Bertz CT molecular complexity index is 1990. The fourth-order valence-corrected chi connectivity index (χ4v) is 6.74. The van der Waals surface area contributed by atoms with Crippen LogP contribution in [0, 0.1) is 0 Å². The van der Waals surface area contributed by atoms with Gasteiger partial charge in [-0.3, -0.25) is 0 Å². The fraction of sp³-hybridized carbons (Fsp3) is 0.116. The van der Waals surface area contributed by atoms with Crippen LogP contribution in [-0.4, -0.2) is 11.0 Å². The van der Waals surface area contributed by atoms with Crippen molar-refractivity contribution >= 4 is 22.3 Å². The van der Waals surface area contributed by atoms with Crippen LogP contribution in [-0.2, 0) is 0 Å². The average Bonchev–Trinajstić information content (AvgIpc) is 3.57. The lowest BCUT2D eigenvalue weighted by molar-refractivity contribution is 0.539. The maximum atomic E-state index is 6.98. The highest BCUT2D eigenvalue weighted by molar-refractivity contribution is 5.87. The van der Waals surface area contributed by atoms with E-state index >= 15 is 0 Å². The lowest BCUT2D eigenvalue weighted by Gasteiger charge is -2.37. The Morgan fingerprint density at radius 2 is 1.09 bits per heavy atom. The predicted molar refractivity (Wildman–Crippen MR) is 196 cm³/mol. The average molecular weight is 613 g/mol. The van der Waals surface area contributed by atoms with Gasteiger partial charge in [0.05, 0.1) is 6.04 Å². The van der Waals surface area contributed by atoms with Crippen LogP contribution < -0.4 is 16.8 Å². The minimum Gasteiger partial charge on any atom is -0.402 e. The standard InChI is InChI=1S/C43H40N4/c44-35-25-13-23-31(30-15-5-1-6-16-30)24-14-26-36(45)42(33-19-9-3-10-20-33)39-29-40(47-39)43(34-21-11-4-12-22-34)38-28-27-37(46-38)41(35)32-17-7-2-8-18-32/h1-13,15-22,24-25,27-28,39,46-47H,14,23,26,29,44-45H2/b25-13-,31-24-,41-35-,42-36-,43-40-. The molecule has 8 rings (SSSR count). The van der Waals surface area contributed by atoms with E-state index < -0.39 is 0 Å². The zero-order valence-corrected chi connectivity index (χ0v) is 26.5. The third kappa shape index (κ3) is 6.49. The summed E-state index contributed by atoms with van der Waals surface area (Å²) in [4.78, 5) is 3.77. The number of hydrogen-bond acceptors (Lipinski definition) is 3. The van der Waals surface area contributed by atoms with Crippen LogP contribution in [0.15, 0.2) is 169 Å². The molecular weight excluding hydrogens is 573 g/mol. The smallest absolute Gasteiger partial charge is 0.0588 e. The summed E-state index contributed by atoms with van der Waals surface area (Å²) in [6.07, 6.45) is 9.80. The molecule has 4 heterocycles. The zero-order valence-electron chi connectivity index (χ0n) is 26.5. The normalized spacial score (nSPS) is 23.7. The summed E-state index contributed by atoms with van der Waals surface area (Å²) in [5.74, 6) is 0. The van der Waals surface area contributed by atoms with Gasteiger partial charge in [-0.05, 0) is 65.3 Å². The largest absolute Gasteiger partial charge is 0.402 e. The molecule has 232 valence electrons. The summed E-state index contributed by atoms with van der Waals surface area (Å²) in [6, 6.07) is 46.6. The Morgan fingerprint density at radius 3 is 1.68 bits per heavy atom. The summed E-state index contributed by atoms with van der Waals surface area (Å²) >= 11 is 0. The molecule has 0 saturated carbocycles. The second kappa shape index (κ2) is 13.7. The van der Waals surface area contributed by atoms with E-state index in [2.05, 4.69) is 156 Å². The Kier molecular flexibility index (Phi) is 8.74. The molecule has 4 nitrogen and oxygen atoms in total. The highest BCUT2D eigenvalue weighted by Crippen LogP contribution is 2.39. The molecule has 1 fully saturated rings. The molecule has 3 aliphatic rings. The van der Waals surface area contributed by atoms with Crippen molar-refractivity contribution < 1.29 is 0 Å². The molecular formula is C43H40N4. The Labute approximate surface area is 277 Å². The van der Waals surface area contributed by atoms with E-state index in [0.29, 0.717) is 5.70 Å². The Balaban J connectivity index is 1.38. The molecule has 1 saturated heterocycles. The predicted octanol–water partition coefficient (Wildman–Crippen LogP) is 9.05. The van der Waals surface area contributed by atoms with Crippen LogP contribution in [0.3, 0.4) is 0 Å². The molecule has 5 aromatic rings. The summed E-state index contributed by atoms with van der Waals surface area (Å²) in [7, 11) is 0. The molecule has 1 aromatic heterocycles. The van der Waals surface area contributed by atoms with Crippen LogP contribution >= 0.6 is 0 Å². The van der Waals surface area contributed by atoms with Gasteiger partial charge in [-0.15, -0.1) is 0 Å². The molecule has 0 aliphatic carbocycles. The second-order valence-corrected chi connectivity index (χ2v) is 12.1. The number of rotatable bonds is 4. The van der Waals surface area contributed by atoms with Gasteiger partial charge in [0, 0.05) is 51.6 Å². The van der Waals surface area contributed by atoms with E-state index in [4.69, 9.17) is 11.5 Å². The van der Waals surface area contributed by atoms with Gasteiger partial charge in [-0.25, -0.2) is 0 Å². The van der Waals surface area contributed by atoms with Crippen LogP contribution in [0.1, 0.15) is 59.3 Å². The molecule has 3 aliphatic heterocycles. The first-order chi connectivity index (χ1) is 23.2. The van der Waals surface area contributed by atoms with Gasteiger partial charge in [-0.1, -0.05) is 133 Å². The SMILES string of the molecule is NC1=C(/c2ccccc2)c2ccc([nH]2)/C(c2ccccc2)=C2/CC(N2)/C(c2ccccc2)=C(\N)CC/C=C(\c2ccccc2)C/C=C\1. The zero-order chi connectivity index (χ0) is 32.0. The fourth-order valence-electron chi connectivity index (χ4n) is 6.74. The molecule has 4 bridgehead atoms. The van der Waals surface area contributed by atoms with E-state index in [9.17, 15) is 0 Å². The molecule has 6 N–H and O–H groups in total. The van der Waals surface area contributed by atoms with Crippen molar-refractivity contribution in [3.8, 4) is 0 Å². The van der Waals surface area contributed by atoms with Gasteiger partial charge in [0.15, 0.2) is 0 Å². The van der Waals surface area contributed by atoms with E-state index in [1.807, 2.05) is 6.07 Å². The number of benzene rings is 4. The second-order valence-electron chi connectivity index (χ2n) is 12.1. The van der Waals surface area contributed by atoms with Gasteiger partial charge >= 0.3 is 0 Å². The summed E-state index contributed by atoms with van der Waals surface area (Å²) in [5.41, 5.74) is 28.0. The minimum atomic E-state index is 0.121. The van der Waals surface area contributed by atoms with E-state index in [1.54, 1.807) is 0 Å². The van der Waals surface area contributed by atoms with Gasteiger partial charge in [0.1, 0.15) is 0 Å². The van der Waals surface area contributed by atoms with E-state index in [1.165, 1.54) is 28.0 Å². The number of allylic oxidation sites excluding steroid dienone is 5. The van der Waals surface area contributed by atoms with Gasteiger partial charge in [0.25, 0.3) is 0 Å². The number of aromatic nitrogens is 1. The van der Waals surface area contributed by atoms with Crippen LogP contribution in [0.5, 0.6) is 0 Å². The Hall–Kier alpha value is -5.74. The number of nitrogens with two attached hydrogens (primary N) is 2. The van der Waals surface area contributed by atoms with Crippen molar-refractivity contribution in [2.24, 2.45) is 11.5 Å². The topological polar surface area (TPSA) is 79.9 Å². The third-order valence-electron chi connectivity index (χ3n) is 9.06. The Morgan fingerprint density at radius 1 is 0.574 bits per heavy atom. The third-order valence-corrected chi connectivity index (χ3v) is 9.06. The van der Waals surface area contributed by atoms with Crippen LogP contribution in [0.2, 0.25) is 0 Å². The molecule has 1 atom stereocenters. The summed E-state index contributed by atoms with van der Waals surface area (Å²) in [6.45, 7) is 0. The van der Waals surface area contributed by atoms with Crippen LogP contribution in [0.25, 0.3) is 22.3 Å². The lowest BCUT2D eigenvalue weighted by Crippen LogP contribution is -2.43. The quantitative estimate of drug-likeness (QED) is 0.164. The maximum Gasteiger partial charge on any atom is 0.0588 e. The van der Waals surface area contributed by atoms with Crippen molar-refractivity contribution in [1.82, 2.24) is 10.3 Å². The summed E-state index contributed by atoms with van der Waals surface area (Å²) in [5, 5.41) is 3.86. The monoisotopic (exact) mass is 612 g/mol. The molecule has 0 radical (unpaired) electrons. The van der Waals surface area contributed by atoms with Crippen molar-refractivity contribution in [2.45, 2.75) is 31.7 Å². The van der Waals surface area contributed by atoms with E-state index in [0.717, 1.165) is 65.0 Å². The van der Waals surface area contributed by atoms with Crippen molar-refractivity contribution in [1.29, 1.82) is 0 Å². The summed E-state index contributed by atoms with van der Waals surface area (Å²) < 4.78 is 0. The van der Waals surface area contributed by atoms with Gasteiger partial charge in [0.2, 0.25) is 0 Å². The van der Waals surface area contributed by atoms with Crippen LogP contribution in [0.4, 0.5) is 0 Å². The maximum absolute atomic E-state index is 6.98. The highest BCUT2D eigenvalue weighted by Gasteiger charge is 2.32. The lowest BCUT2D eigenvalue weighted by atomic mass is 9.84.